The van der Waals surface area contributed by atoms with Gasteiger partial charge in [-0.25, -0.2) is 14.2 Å². The summed E-state index contributed by atoms with van der Waals surface area (Å²) in [6, 6.07) is 13.4. The van der Waals surface area contributed by atoms with Gasteiger partial charge in [-0.15, -0.1) is 0 Å². The number of hydrogen-bond acceptors (Lipinski definition) is 8. The molecule has 0 saturated carbocycles. The quantitative estimate of drug-likeness (QED) is 0.104. The lowest BCUT2D eigenvalue weighted by Crippen LogP contribution is -2.10. The van der Waals surface area contributed by atoms with Gasteiger partial charge < -0.3 is 10.1 Å². The Hall–Kier alpha value is -5.28. The number of hydrazone groups is 2. The average molecular weight is 609 g/mol. The fraction of sp³-hybridized carbons (Fsp3) is 0.111. The Kier molecular flexibility index (Phi) is 9.06. The number of aromatic nitrogens is 2. The number of hydrogen-bond donors (Lipinski definition) is 3. The first kappa shape index (κ1) is 30.7. The molecule has 43 heavy (non-hydrogen) atoms. The molecule has 0 aliphatic heterocycles. The van der Waals surface area contributed by atoms with Crippen molar-refractivity contribution in [3.05, 3.63) is 101 Å². The minimum Gasteiger partial charge on any atom is -0.495 e. The van der Waals surface area contributed by atoms with E-state index < -0.39 is 46.2 Å². The number of benzene rings is 3. The number of nitrogens with one attached hydrogen (secondary N) is 3. The second kappa shape index (κ2) is 12.7. The van der Waals surface area contributed by atoms with Gasteiger partial charge in [-0.2, -0.15) is 46.5 Å². The Morgan fingerprint density at radius 1 is 0.698 bits per heavy atom. The molecule has 0 atom stereocenters. The molecule has 0 radical (unpaired) electrons. The Labute approximate surface area is 238 Å². The van der Waals surface area contributed by atoms with E-state index >= 15 is 0 Å². The van der Waals surface area contributed by atoms with Crippen molar-refractivity contribution >= 4 is 35.7 Å². The van der Waals surface area contributed by atoms with Gasteiger partial charge in [0.05, 0.1) is 36.4 Å². The van der Waals surface area contributed by atoms with E-state index in [-0.39, 0.29) is 17.6 Å². The van der Waals surface area contributed by atoms with Crippen LogP contribution < -0.4 is 20.9 Å². The van der Waals surface area contributed by atoms with Crippen LogP contribution in [0.5, 0.6) is 5.75 Å². The second-order valence-electron chi connectivity index (χ2n) is 8.44. The number of nitrogens with zero attached hydrogens (tertiary/aromatic N) is 4. The zero-order valence-corrected chi connectivity index (χ0v) is 21.7. The van der Waals surface area contributed by atoms with E-state index in [1.807, 2.05) is 0 Å². The highest BCUT2D eigenvalue weighted by atomic mass is 19.4. The maximum atomic E-state index is 14.3. The Morgan fingerprint density at radius 3 is 1.79 bits per heavy atom. The van der Waals surface area contributed by atoms with Crippen molar-refractivity contribution in [3.63, 3.8) is 0 Å². The number of rotatable bonds is 9. The third-order valence-corrected chi connectivity index (χ3v) is 5.51. The fourth-order valence-electron chi connectivity index (χ4n) is 3.57. The summed E-state index contributed by atoms with van der Waals surface area (Å²) in [5.41, 5.74) is 1.38. The van der Waals surface area contributed by atoms with Crippen LogP contribution in [0.1, 0.15) is 22.3 Å². The highest BCUT2D eigenvalue weighted by molar-refractivity contribution is 5.82. The van der Waals surface area contributed by atoms with Gasteiger partial charge in [-0.3, -0.25) is 5.43 Å². The first-order chi connectivity index (χ1) is 20.4. The van der Waals surface area contributed by atoms with E-state index in [1.165, 1.54) is 13.2 Å². The van der Waals surface area contributed by atoms with Crippen molar-refractivity contribution in [1.29, 1.82) is 0 Å². The molecule has 0 bridgehead atoms. The lowest BCUT2D eigenvalue weighted by molar-refractivity contribution is -0.140. The van der Waals surface area contributed by atoms with Gasteiger partial charge in [-0.1, -0.05) is 36.4 Å². The summed E-state index contributed by atoms with van der Waals surface area (Å²) >= 11 is 0. The molecule has 16 heteroatoms. The maximum absolute atomic E-state index is 14.3. The van der Waals surface area contributed by atoms with E-state index in [9.17, 15) is 35.1 Å². The van der Waals surface area contributed by atoms with E-state index in [0.717, 1.165) is 36.7 Å². The molecule has 4 rings (SSSR count). The molecule has 0 fully saturated rings. The largest absolute Gasteiger partial charge is 0.495 e. The number of anilines is 4. The first-order valence-corrected chi connectivity index (χ1v) is 12.0. The van der Waals surface area contributed by atoms with Gasteiger partial charge in [0.1, 0.15) is 23.2 Å². The van der Waals surface area contributed by atoms with Crippen LogP contribution in [0.4, 0.5) is 58.4 Å². The smallest absolute Gasteiger partial charge is 0.419 e. The third kappa shape index (κ3) is 7.72. The van der Waals surface area contributed by atoms with E-state index in [0.29, 0.717) is 23.6 Å². The fourth-order valence-corrected chi connectivity index (χ4v) is 3.57. The van der Waals surface area contributed by atoms with Gasteiger partial charge in [-0.05, 0) is 24.3 Å². The summed E-state index contributed by atoms with van der Waals surface area (Å²) in [5, 5.41) is 10.4. The van der Waals surface area contributed by atoms with E-state index in [2.05, 4.69) is 36.3 Å². The van der Waals surface area contributed by atoms with Crippen molar-refractivity contribution in [2.24, 2.45) is 10.2 Å². The number of para-hydroxylation sites is 2. The van der Waals surface area contributed by atoms with Crippen LogP contribution in [-0.2, 0) is 12.4 Å². The normalized spacial score (nSPS) is 12.1. The van der Waals surface area contributed by atoms with Crippen LogP contribution in [0.2, 0.25) is 0 Å². The van der Waals surface area contributed by atoms with Crippen LogP contribution in [-0.4, -0.2) is 29.5 Å². The second-order valence-corrected chi connectivity index (χ2v) is 8.44. The highest BCUT2D eigenvalue weighted by Crippen LogP contribution is 2.33. The lowest BCUT2D eigenvalue weighted by atomic mass is 10.1. The summed E-state index contributed by atoms with van der Waals surface area (Å²) in [7, 11) is 1.43. The zero-order chi connectivity index (χ0) is 31.2. The van der Waals surface area contributed by atoms with Gasteiger partial charge in [0.2, 0.25) is 5.95 Å². The molecular weight excluding hydrogens is 590 g/mol. The molecule has 1 aromatic heterocycles. The maximum Gasteiger partial charge on any atom is 0.419 e. The highest BCUT2D eigenvalue weighted by Gasteiger charge is 2.35. The van der Waals surface area contributed by atoms with Crippen molar-refractivity contribution in [2.75, 3.05) is 23.3 Å². The molecule has 0 unspecified atom stereocenters. The van der Waals surface area contributed by atoms with Crippen molar-refractivity contribution < 1.29 is 39.9 Å². The molecule has 8 nitrogen and oxygen atoms in total. The lowest BCUT2D eigenvalue weighted by Gasteiger charge is -2.12. The average Bonchev–Trinajstić information content (AvgIpc) is 2.94. The number of halogens is 8. The Morgan fingerprint density at radius 2 is 1.23 bits per heavy atom. The first-order valence-electron chi connectivity index (χ1n) is 12.0. The number of methoxy groups -OCH3 is 1. The molecule has 0 saturated heterocycles. The molecule has 4 aromatic rings. The summed E-state index contributed by atoms with van der Waals surface area (Å²) < 4.78 is 112. The van der Waals surface area contributed by atoms with E-state index in [4.69, 9.17) is 4.74 Å². The molecule has 3 aromatic carbocycles. The molecule has 3 N–H and O–H groups in total. The van der Waals surface area contributed by atoms with Crippen molar-refractivity contribution in [1.82, 2.24) is 9.97 Å². The SMILES string of the molecule is COc1ccccc1Nc1cc(NN=Cc2cccc(C(F)(F)F)c2F)nc(NN=Cc2cccc(C(F)(F)F)c2F)n1. The number of alkyl halides is 6. The van der Waals surface area contributed by atoms with Gasteiger partial charge in [0.15, 0.2) is 5.82 Å². The minimum absolute atomic E-state index is 0.0704. The Balaban J connectivity index is 1.62. The topological polar surface area (TPSA) is 95.8 Å². The number of ether oxygens (including phenoxy) is 1. The van der Waals surface area contributed by atoms with Crippen LogP contribution in [0.15, 0.2) is 76.9 Å². The predicted molar refractivity (Wildman–Crippen MR) is 144 cm³/mol. The monoisotopic (exact) mass is 609 g/mol. The summed E-state index contributed by atoms with van der Waals surface area (Å²) in [4.78, 5) is 8.24. The molecule has 0 aliphatic carbocycles. The van der Waals surface area contributed by atoms with Gasteiger partial charge in [0, 0.05) is 17.2 Å². The van der Waals surface area contributed by atoms with Crippen LogP contribution in [0.25, 0.3) is 0 Å². The summed E-state index contributed by atoms with van der Waals surface area (Å²) in [6.45, 7) is 0. The molecule has 0 spiro atoms. The predicted octanol–water partition coefficient (Wildman–Crippen LogP) is 7.44. The van der Waals surface area contributed by atoms with Crippen LogP contribution >= 0.6 is 0 Å². The van der Waals surface area contributed by atoms with Crippen LogP contribution in [0, 0.1) is 11.6 Å². The minimum atomic E-state index is -4.92. The van der Waals surface area contributed by atoms with Crippen LogP contribution in [0.3, 0.4) is 0 Å². The molecular formula is C27H19F8N7O. The molecule has 1 heterocycles. The van der Waals surface area contributed by atoms with Crippen molar-refractivity contribution in [3.8, 4) is 5.75 Å². The molecule has 224 valence electrons. The van der Waals surface area contributed by atoms with Crippen molar-refractivity contribution in [2.45, 2.75) is 12.4 Å². The summed E-state index contributed by atoms with van der Waals surface area (Å²) in [6.07, 6.45) is -8.23. The Bertz CT molecular complexity index is 1560. The van der Waals surface area contributed by atoms with Gasteiger partial charge in [0.25, 0.3) is 0 Å². The zero-order valence-electron chi connectivity index (χ0n) is 21.7. The van der Waals surface area contributed by atoms with Gasteiger partial charge >= 0.3 is 12.4 Å². The standard InChI is InChI=1S/C27H19F8N7O/c1-43-20-11-3-2-10-19(20)38-21-12-22(41-36-13-15-6-4-8-17(23(15)28)26(30,31)32)40-25(39-21)42-37-14-16-7-5-9-18(24(16)29)27(33,34)35/h2-14H,1H3,(H3,38,39,40,41,42). The third-order valence-electron chi connectivity index (χ3n) is 5.51. The molecule has 0 aliphatic rings. The summed E-state index contributed by atoms with van der Waals surface area (Å²) in [5.74, 6) is -2.86. The van der Waals surface area contributed by atoms with E-state index in [1.54, 1.807) is 24.3 Å². The molecule has 0 amide bonds.